The SMILES string of the molecule is FCCCCCCCc1ccc(-c2ccc(-c3ccccc3)c(Cl)c2)cc1. The van der Waals surface area contributed by atoms with Gasteiger partial charge in [0.15, 0.2) is 0 Å². The van der Waals surface area contributed by atoms with Crippen LogP contribution in [0.25, 0.3) is 22.3 Å². The number of halogens is 2. The highest BCUT2D eigenvalue weighted by atomic mass is 35.5. The van der Waals surface area contributed by atoms with Crippen molar-refractivity contribution in [1.82, 2.24) is 0 Å². The van der Waals surface area contributed by atoms with E-state index in [9.17, 15) is 4.39 Å². The normalized spacial score (nSPS) is 10.9. The maximum absolute atomic E-state index is 12.1. The molecule has 0 saturated carbocycles. The van der Waals surface area contributed by atoms with E-state index in [4.69, 9.17) is 11.6 Å². The van der Waals surface area contributed by atoms with Crippen molar-refractivity contribution in [3.8, 4) is 22.3 Å². The molecule has 0 nitrogen and oxygen atoms in total. The molecule has 0 radical (unpaired) electrons. The molecule has 3 rings (SSSR count). The van der Waals surface area contributed by atoms with Gasteiger partial charge in [0.2, 0.25) is 0 Å². The predicted octanol–water partition coefficient (Wildman–Crippen LogP) is 8.14. The van der Waals surface area contributed by atoms with Crippen LogP contribution < -0.4 is 0 Å². The largest absolute Gasteiger partial charge is 0.251 e. The topological polar surface area (TPSA) is 0 Å². The quantitative estimate of drug-likeness (QED) is 0.328. The van der Waals surface area contributed by atoms with E-state index in [0.29, 0.717) is 6.42 Å². The summed E-state index contributed by atoms with van der Waals surface area (Å²) < 4.78 is 12.1. The zero-order valence-corrected chi connectivity index (χ0v) is 16.4. The van der Waals surface area contributed by atoms with Gasteiger partial charge in [0.25, 0.3) is 0 Å². The van der Waals surface area contributed by atoms with E-state index in [0.717, 1.165) is 41.0 Å². The first-order valence-corrected chi connectivity index (χ1v) is 10.2. The van der Waals surface area contributed by atoms with Gasteiger partial charge in [-0.15, -0.1) is 0 Å². The highest BCUT2D eigenvalue weighted by Crippen LogP contribution is 2.32. The number of hydrogen-bond acceptors (Lipinski definition) is 0. The Bertz CT molecular complexity index is 825. The molecule has 0 bridgehead atoms. The minimum Gasteiger partial charge on any atom is -0.251 e. The number of rotatable bonds is 9. The number of benzene rings is 3. The van der Waals surface area contributed by atoms with Gasteiger partial charge in [0, 0.05) is 10.6 Å². The molecule has 3 aromatic carbocycles. The Kier molecular flexibility index (Phi) is 7.47. The zero-order valence-electron chi connectivity index (χ0n) is 15.6. The van der Waals surface area contributed by atoms with E-state index in [1.807, 2.05) is 24.3 Å². The van der Waals surface area contributed by atoms with Crippen LogP contribution in [0.2, 0.25) is 5.02 Å². The Morgan fingerprint density at radius 2 is 1.30 bits per heavy atom. The van der Waals surface area contributed by atoms with E-state index in [1.54, 1.807) is 0 Å². The summed E-state index contributed by atoms with van der Waals surface area (Å²) in [5.74, 6) is 0. The summed E-state index contributed by atoms with van der Waals surface area (Å²) in [6.45, 7) is -0.183. The minimum atomic E-state index is -0.183. The molecule has 0 N–H and O–H groups in total. The Balaban J connectivity index is 1.61. The number of alkyl halides is 1. The summed E-state index contributed by atoms with van der Waals surface area (Å²) in [7, 11) is 0. The molecule has 0 amide bonds. The molecule has 0 aliphatic rings. The Morgan fingerprint density at radius 1 is 0.630 bits per heavy atom. The second kappa shape index (κ2) is 10.3. The highest BCUT2D eigenvalue weighted by Gasteiger charge is 2.06. The fourth-order valence-electron chi connectivity index (χ4n) is 3.36. The first kappa shape index (κ1) is 19.6. The highest BCUT2D eigenvalue weighted by molar-refractivity contribution is 6.33. The molecule has 0 spiro atoms. The van der Waals surface area contributed by atoms with Crippen LogP contribution in [-0.2, 0) is 6.42 Å². The molecule has 0 saturated heterocycles. The van der Waals surface area contributed by atoms with Gasteiger partial charge in [-0.25, -0.2) is 0 Å². The molecule has 0 heterocycles. The van der Waals surface area contributed by atoms with E-state index in [1.165, 1.54) is 24.0 Å². The Labute approximate surface area is 167 Å². The fourth-order valence-corrected chi connectivity index (χ4v) is 3.65. The summed E-state index contributed by atoms with van der Waals surface area (Å²) in [5, 5.41) is 0.774. The lowest BCUT2D eigenvalue weighted by Crippen LogP contribution is -1.88. The van der Waals surface area contributed by atoms with Crippen molar-refractivity contribution < 1.29 is 4.39 Å². The lowest BCUT2D eigenvalue weighted by molar-refractivity contribution is 0.451. The van der Waals surface area contributed by atoms with Crippen molar-refractivity contribution in [3.05, 3.63) is 83.4 Å². The molecule has 2 heteroatoms. The molecule has 140 valence electrons. The van der Waals surface area contributed by atoms with Crippen molar-refractivity contribution in [3.63, 3.8) is 0 Å². The first-order chi connectivity index (χ1) is 13.3. The van der Waals surface area contributed by atoms with Gasteiger partial charge in [-0.3, -0.25) is 4.39 Å². The van der Waals surface area contributed by atoms with Crippen LogP contribution in [0.5, 0.6) is 0 Å². The molecule has 0 aliphatic carbocycles. The molecule has 0 aliphatic heterocycles. The van der Waals surface area contributed by atoms with Crippen molar-refractivity contribution in [2.24, 2.45) is 0 Å². The van der Waals surface area contributed by atoms with Gasteiger partial charge in [-0.1, -0.05) is 97.6 Å². The van der Waals surface area contributed by atoms with Crippen LogP contribution in [-0.4, -0.2) is 6.67 Å². The molecule has 0 unspecified atom stereocenters. The van der Waals surface area contributed by atoms with Crippen molar-refractivity contribution >= 4 is 11.6 Å². The summed E-state index contributed by atoms with van der Waals surface area (Å²) >= 11 is 6.54. The molecule has 0 fully saturated rings. The average molecular weight is 381 g/mol. The second-order valence-electron chi connectivity index (χ2n) is 6.96. The zero-order chi connectivity index (χ0) is 18.9. The van der Waals surface area contributed by atoms with Crippen molar-refractivity contribution in [2.75, 3.05) is 6.67 Å². The smallest absolute Gasteiger partial charge is 0.0894 e. The molecule has 0 atom stereocenters. The third-order valence-electron chi connectivity index (χ3n) is 4.94. The Hall–Kier alpha value is -2.12. The Morgan fingerprint density at radius 3 is 2.00 bits per heavy atom. The minimum absolute atomic E-state index is 0.183. The maximum Gasteiger partial charge on any atom is 0.0894 e. The second-order valence-corrected chi connectivity index (χ2v) is 7.37. The standard InChI is InChI=1S/C25H26ClF/c26-25-19-23(16-17-24(25)22-10-6-4-7-11-22)21-14-12-20(13-15-21)9-5-2-1-3-8-18-27/h4,6-7,10-17,19H,1-3,5,8-9,18H2. The van der Waals surface area contributed by atoms with Gasteiger partial charge in [-0.05, 0) is 47.6 Å². The molecular weight excluding hydrogens is 355 g/mol. The average Bonchev–Trinajstić information content (AvgIpc) is 2.71. The van der Waals surface area contributed by atoms with Crippen molar-refractivity contribution in [2.45, 2.75) is 38.5 Å². The van der Waals surface area contributed by atoms with Crippen LogP contribution >= 0.6 is 11.6 Å². The summed E-state index contributed by atoms with van der Waals surface area (Å²) in [6, 6.07) is 25.2. The van der Waals surface area contributed by atoms with Crippen LogP contribution in [0, 0.1) is 0 Å². The number of aryl methyl sites for hydroxylation is 1. The summed E-state index contributed by atoms with van der Waals surface area (Å²) in [6.07, 6.45) is 6.29. The number of unbranched alkanes of at least 4 members (excludes halogenated alkanes) is 4. The first-order valence-electron chi connectivity index (χ1n) is 9.78. The predicted molar refractivity (Wildman–Crippen MR) is 115 cm³/mol. The van der Waals surface area contributed by atoms with Gasteiger partial charge < -0.3 is 0 Å². The summed E-state index contributed by atoms with van der Waals surface area (Å²) in [5.41, 5.74) is 5.87. The maximum atomic E-state index is 12.1. The van der Waals surface area contributed by atoms with Gasteiger partial charge >= 0.3 is 0 Å². The lowest BCUT2D eigenvalue weighted by Gasteiger charge is -2.09. The third-order valence-corrected chi connectivity index (χ3v) is 5.25. The van der Waals surface area contributed by atoms with E-state index < -0.39 is 0 Å². The van der Waals surface area contributed by atoms with E-state index >= 15 is 0 Å². The van der Waals surface area contributed by atoms with E-state index in [2.05, 4.69) is 48.5 Å². The van der Waals surface area contributed by atoms with Crippen LogP contribution in [0.4, 0.5) is 4.39 Å². The molecular formula is C25H26ClF. The molecule has 27 heavy (non-hydrogen) atoms. The van der Waals surface area contributed by atoms with Crippen LogP contribution in [0.1, 0.15) is 37.7 Å². The number of hydrogen-bond donors (Lipinski definition) is 0. The molecule has 0 aromatic heterocycles. The van der Waals surface area contributed by atoms with Gasteiger partial charge in [0.1, 0.15) is 0 Å². The van der Waals surface area contributed by atoms with Crippen molar-refractivity contribution in [1.29, 1.82) is 0 Å². The summed E-state index contributed by atoms with van der Waals surface area (Å²) in [4.78, 5) is 0. The third kappa shape index (κ3) is 5.68. The monoisotopic (exact) mass is 380 g/mol. The van der Waals surface area contributed by atoms with Crippen LogP contribution in [0.15, 0.2) is 72.8 Å². The fraction of sp³-hybridized carbons (Fsp3) is 0.280. The van der Waals surface area contributed by atoms with Gasteiger partial charge in [-0.2, -0.15) is 0 Å². The van der Waals surface area contributed by atoms with E-state index in [-0.39, 0.29) is 6.67 Å². The van der Waals surface area contributed by atoms with Crippen LogP contribution in [0.3, 0.4) is 0 Å². The molecule has 3 aromatic rings. The van der Waals surface area contributed by atoms with Gasteiger partial charge in [0.05, 0.1) is 6.67 Å². The lowest BCUT2D eigenvalue weighted by atomic mass is 9.98.